The number of hydrogen-bond acceptors (Lipinski definition) is 7. The van der Waals surface area contributed by atoms with Gasteiger partial charge in [-0.2, -0.15) is 4.98 Å². The highest BCUT2D eigenvalue weighted by Crippen LogP contribution is 2.31. The molecule has 0 aliphatic heterocycles. The van der Waals surface area contributed by atoms with Crippen molar-refractivity contribution in [3.63, 3.8) is 0 Å². The van der Waals surface area contributed by atoms with Crippen LogP contribution in [0.25, 0.3) is 5.57 Å². The number of aliphatic hydroxyl groups is 1. The van der Waals surface area contributed by atoms with Gasteiger partial charge in [0.05, 0.1) is 6.10 Å². The van der Waals surface area contributed by atoms with Crippen LogP contribution in [0.15, 0.2) is 36.5 Å². The van der Waals surface area contributed by atoms with Gasteiger partial charge in [-0.3, -0.25) is 0 Å². The summed E-state index contributed by atoms with van der Waals surface area (Å²) in [7, 11) is 0. The zero-order chi connectivity index (χ0) is 27.3. The van der Waals surface area contributed by atoms with Crippen molar-refractivity contribution in [3.8, 4) is 0 Å². The van der Waals surface area contributed by atoms with Crippen LogP contribution in [0.1, 0.15) is 89.8 Å². The van der Waals surface area contributed by atoms with Crippen LogP contribution in [0.4, 0.5) is 11.8 Å². The normalized spacial score (nSPS) is 19.0. The lowest BCUT2D eigenvalue weighted by atomic mass is 9.92. The standard InChI is InChI=1S/C31H50N6O/c1-6-10-23(5)34-31-33-22-29(30(36-31)35-26-15-17-27(38)18-16-26)28(7-2)25-13-11-24(12-14-25)21-32-19-20-37(8-3)9-4/h7,11-14,22-23,26-27,32,38H,6,8-10,15-21H2,1-5H3,(H2,33,34,35,36)/b28-7-. The van der Waals surface area contributed by atoms with Crippen molar-refractivity contribution in [2.45, 2.75) is 97.9 Å². The van der Waals surface area contributed by atoms with Crippen LogP contribution >= 0.6 is 0 Å². The Morgan fingerprint density at radius 1 is 1.11 bits per heavy atom. The number of nitrogens with zero attached hydrogens (tertiary/aromatic N) is 3. The summed E-state index contributed by atoms with van der Waals surface area (Å²) in [5, 5.41) is 20.7. The van der Waals surface area contributed by atoms with E-state index in [2.05, 4.69) is 85.8 Å². The first-order chi connectivity index (χ1) is 18.5. The number of hydrogen-bond donors (Lipinski definition) is 4. The van der Waals surface area contributed by atoms with E-state index in [0.29, 0.717) is 18.0 Å². The molecule has 0 saturated heterocycles. The van der Waals surface area contributed by atoms with Gasteiger partial charge in [0, 0.05) is 43.5 Å². The molecule has 1 saturated carbocycles. The first-order valence-electron chi connectivity index (χ1n) is 14.7. The minimum atomic E-state index is -0.179. The summed E-state index contributed by atoms with van der Waals surface area (Å²) in [4.78, 5) is 12.1. The molecular weight excluding hydrogens is 472 g/mol. The lowest BCUT2D eigenvalue weighted by Gasteiger charge is -2.28. The number of aromatic nitrogens is 2. The SMILES string of the molecule is C/C=C(/c1ccc(CNCCN(CC)CC)cc1)c1cnc(NC(C)CCC)nc1NC1CCC(O)CC1. The predicted octanol–water partition coefficient (Wildman–Crippen LogP) is 5.68. The average Bonchev–Trinajstić information content (AvgIpc) is 2.92. The Balaban J connectivity index is 1.75. The molecule has 1 heterocycles. The van der Waals surface area contributed by atoms with E-state index in [4.69, 9.17) is 9.97 Å². The van der Waals surface area contributed by atoms with Crippen LogP contribution in [0.3, 0.4) is 0 Å². The number of nitrogens with one attached hydrogen (secondary N) is 3. The summed E-state index contributed by atoms with van der Waals surface area (Å²) >= 11 is 0. The van der Waals surface area contributed by atoms with E-state index < -0.39 is 0 Å². The van der Waals surface area contributed by atoms with Gasteiger partial charge in [0.15, 0.2) is 0 Å². The molecule has 3 rings (SSSR count). The van der Waals surface area contributed by atoms with Crippen molar-refractivity contribution in [2.24, 2.45) is 0 Å². The van der Waals surface area contributed by atoms with Gasteiger partial charge >= 0.3 is 0 Å². The third-order valence-electron chi connectivity index (χ3n) is 7.60. The number of anilines is 2. The van der Waals surface area contributed by atoms with Gasteiger partial charge in [-0.05, 0) is 75.7 Å². The van der Waals surface area contributed by atoms with Crippen molar-refractivity contribution in [1.29, 1.82) is 0 Å². The minimum absolute atomic E-state index is 0.179. The van der Waals surface area contributed by atoms with Crippen LogP contribution in [0.5, 0.6) is 0 Å². The van der Waals surface area contributed by atoms with Crippen LogP contribution in [0, 0.1) is 0 Å². The second-order valence-corrected chi connectivity index (χ2v) is 10.5. The van der Waals surface area contributed by atoms with Crippen molar-refractivity contribution in [1.82, 2.24) is 20.2 Å². The third-order valence-corrected chi connectivity index (χ3v) is 7.60. The molecule has 1 aliphatic carbocycles. The fourth-order valence-electron chi connectivity index (χ4n) is 5.19. The Morgan fingerprint density at radius 3 is 2.45 bits per heavy atom. The number of likely N-dealkylation sites (N-methyl/N-ethyl adjacent to an activating group) is 1. The molecule has 7 heteroatoms. The molecule has 4 N–H and O–H groups in total. The number of aliphatic hydroxyl groups excluding tert-OH is 1. The second kappa shape index (κ2) is 15.8. The largest absolute Gasteiger partial charge is 0.393 e. The molecule has 0 radical (unpaired) electrons. The summed E-state index contributed by atoms with van der Waals surface area (Å²) in [6, 6.07) is 9.44. The zero-order valence-electron chi connectivity index (χ0n) is 24.3. The Kier molecular flexibility index (Phi) is 12.5. The van der Waals surface area contributed by atoms with E-state index >= 15 is 0 Å². The molecule has 1 atom stereocenters. The van der Waals surface area contributed by atoms with Crippen molar-refractivity contribution in [3.05, 3.63) is 53.2 Å². The molecule has 1 aromatic heterocycles. The summed E-state index contributed by atoms with van der Waals surface area (Å²) in [5.41, 5.74) is 4.57. The molecule has 7 nitrogen and oxygen atoms in total. The van der Waals surface area contributed by atoms with E-state index in [0.717, 1.165) is 93.8 Å². The monoisotopic (exact) mass is 522 g/mol. The summed E-state index contributed by atoms with van der Waals surface area (Å²) in [5.74, 6) is 1.53. The van der Waals surface area contributed by atoms with Gasteiger partial charge in [0.2, 0.25) is 5.95 Å². The minimum Gasteiger partial charge on any atom is -0.393 e. The summed E-state index contributed by atoms with van der Waals surface area (Å²) in [6.07, 6.45) is 9.67. The Bertz CT molecular complexity index is 980. The quantitative estimate of drug-likeness (QED) is 0.224. The maximum absolute atomic E-state index is 9.97. The van der Waals surface area contributed by atoms with Crippen molar-refractivity contribution < 1.29 is 5.11 Å². The van der Waals surface area contributed by atoms with E-state index in [1.54, 1.807) is 0 Å². The molecule has 1 aromatic carbocycles. The Morgan fingerprint density at radius 2 is 1.82 bits per heavy atom. The second-order valence-electron chi connectivity index (χ2n) is 10.5. The molecular formula is C31H50N6O. The smallest absolute Gasteiger partial charge is 0.224 e. The molecule has 210 valence electrons. The van der Waals surface area contributed by atoms with E-state index in [-0.39, 0.29) is 6.10 Å². The van der Waals surface area contributed by atoms with E-state index in [1.807, 2.05) is 6.20 Å². The first kappa shape index (κ1) is 30.1. The third kappa shape index (κ3) is 9.07. The van der Waals surface area contributed by atoms with E-state index in [9.17, 15) is 5.11 Å². The Hall–Kier alpha value is -2.48. The van der Waals surface area contributed by atoms with Crippen LogP contribution < -0.4 is 16.0 Å². The highest BCUT2D eigenvalue weighted by atomic mass is 16.3. The van der Waals surface area contributed by atoms with Crippen LogP contribution in [-0.2, 0) is 6.54 Å². The summed E-state index contributed by atoms with van der Waals surface area (Å²) in [6.45, 7) is 16.0. The molecule has 0 spiro atoms. The topological polar surface area (TPSA) is 85.3 Å². The molecule has 38 heavy (non-hydrogen) atoms. The number of benzene rings is 1. The molecule has 1 unspecified atom stereocenters. The van der Waals surface area contributed by atoms with Gasteiger partial charge in [0.25, 0.3) is 0 Å². The Labute approximate surface area is 230 Å². The summed E-state index contributed by atoms with van der Waals surface area (Å²) < 4.78 is 0. The lowest BCUT2D eigenvalue weighted by molar-refractivity contribution is 0.126. The fraction of sp³-hybridized carbons (Fsp3) is 0.613. The van der Waals surface area contributed by atoms with E-state index in [1.165, 1.54) is 5.56 Å². The molecule has 1 fully saturated rings. The number of rotatable bonds is 15. The molecule has 2 aromatic rings. The van der Waals surface area contributed by atoms with Crippen molar-refractivity contribution in [2.75, 3.05) is 36.8 Å². The molecule has 1 aliphatic rings. The van der Waals surface area contributed by atoms with Crippen LogP contribution in [0.2, 0.25) is 0 Å². The zero-order valence-corrected chi connectivity index (χ0v) is 24.3. The molecule has 0 bridgehead atoms. The first-order valence-corrected chi connectivity index (χ1v) is 14.7. The number of allylic oxidation sites excluding steroid dienone is 1. The van der Waals surface area contributed by atoms with Gasteiger partial charge in [-0.1, -0.05) is 57.5 Å². The molecule has 0 amide bonds. The maximum atomic E-state index is 9.97. The maximum Gasteiger partial charge on any atom is 0.224 e. The van der Waals surface area contributed by atoms with Gasteiger partial charge in [-0.15, -0.1) is 0 Å². The van der Waals surface area contributed by atoms with Gasteiger partial charge in [-0.25, -0.2) is 4.98 Å². The fourth-order valence-corrected chi connectivity index (χ4v) is 5.19. The lowest BCUT2D eigenvalue weighted by Crippen LogP contribution is -2.31. The van der Waals surface area contributed by atoms with Crippen LogP contribution in [-0.4, -0.2) is 64.3 Å². The predicted molar refractivity (Wildman–Crippen MR) is 161 cm³/mol. The van der Waals surface area contributed by atoms with Gasteiger partial charge < -0.3 is 26.0 Å². The highest BCUT2D eigenvalue weighted by Gasteiger charge is 2.22. The van der Waals surface area contributed by atoms with Crippen molar-refractivity contribution >= 4 is 17.3 Å². The highest BCUT2D eigenvalue weighted by molar-refractivity contribution is 5.85. The van der Waals surface area contributed by atoms with Gasteiger partial charge in [0.1, 0.15) is 5.82 Å². The average molecular weight is 523 g/mol.